The van der Waals surface area contributed by atoms with Gasteiger partial charge in [-0.1, -0.05) is 31.4 Å². The maximum Gasteiger partial charge on any atom is 0.351 e. The van der Waals surface area contributed by atoms with Crippen molar-refractivity contribution in [3.8, 4) is 17.1 Å². The van der Waals surface area contributed by atoms with Crippen molar-refractivity contribution in [2.24, 2.45) is 0 Å². The van der Waals surface area contributed by atoms with E-state index in [0.29, 0.717) is 17.0 Å². The van der Waals surface area contributed by atoms with Gasteiger partial charge in [-0.3, -0.25) is 9.36 Å². The zero-order chi connectivity index (χ0) is 22.1. The summed E-state index contributed by atoms with van der Waals surface area (Å²) >= 11 is 0. The van der Waals surface area contributed by atoms with Crippen LogP contribution in [0.2, 0.25) is 0 Å². The molecule has 2 aromatic heterocycles. The molecule has 0 aliphatic heterocycles. The number of carbonyl (C=O) groups excluding carboxylic acids is 1. The van der Waals surface area contributed by atoms with E-state index in [1.54, 1.807) is 7.11 Å². The van der Waals surface area contributed by atoms with E-state index in [0.717, 1.165) is 42.4 Å². The van der Waals surface area contributed by atoms with E-state index in [9.17, 15) is 9.59 Å². The molecular formula is C24H25N5O3. The summed E-state index contributed by atoms with van der Waals surface area (Å²) in [5.41, 5.74) is 1.53. The van der Waals surface area contributed by atoms with Gasteiger partial charge in [0.25, 0.3) is 0 Å². The molecule has 1 aliphatic carbocycles. The van der Waals surface area contributed by atoms with Crippen molar-refractivity contribution < 1.29 is 9.53 Å². The van der Waals surface area contributed by atoms with Crippen LogP contribution >= 0.6 is 0 Å². The van der Waals surface area contributed by atoms with E-state index in [1.165, 1.54) is 15.5 Å². The summed E-state index contributed by atoms with van der Waals surface area (Å²) in [5.74, 6) is 1.02. The Morgan fingerprint density at radius 3 is 2.59 bits per heavy atom. The van der Waals surface area contributed by atoms with Crippen LogP contribution in [0.3, 0.4) is 0 Å². The molecule has 2 heterocycles. The molecule has 164 valence electrons. The molecule has 1 aliphatic rings. The molecule has 1 fully saturated rings. The Balaban J connectivity index is 1.56. The van der Waals surface area contributed by atoms with E-state index < -0.39 is 0 Å². The molecule has 1 saturated carbocycles. The van der Waals surface area contributed by atoms with Crippen molar-refractivity contribution in [2.75, 3.05) is 7.11 Å². The van der Waals surface area contributed by atoms with Crippen molar-refractivity contribution in [2.45, 2.75) is 44.7 Å². The second-order valence-electron chi connectivity index (χ2n) is 8.19. The number of hydrogen-bond donors (Lipinski definition) is 1. The van der Waals surface area contributed by atoms with Gasteiger partial charge in [-0.2, -0.15) is 4.52 Å². The van der Waals surface area contributed by atoms with Crippen LogP contribution in [0.25, 0.3) is 27.9 Å². The largest absolute Gasteiger partial charge is 0.497 e. The van der Waals surface area contributed by atoms with Gasteiger partial charge in [0.1, 0.15) is 12.3 Å². The minimum Gasteiger partial charge on any atom is -0.497 e. The Labute approximate surface area is 184 Å². The summed E-state index contributed by atoms with van der Waals surface area (Å²) < 4.78 is 7.98. The number of nitrogens with zero attached hydrogens (tertiary/aromatic N) is 4. The van der Waals surface area contributed by atoms with E-state index in [1.807, 2.05) is 48.5 Å². The molecule has 0 unspecified atom stereocenters. The molecule has 2 aromatic carbocycles. The summed E-state index contributed by atoms with van der Waals surface area (Å²) in [7, 11) is 1.61. The number of nitrogens with one attached hydrogen (secondary N) is 1. The molecule has 5 rings (SSSR count). The number of hydrogen-bond acceptors (Lipinski definition) is 5. The average molecular weight is 431 g/mol. The van der Waals surface area contributed by atoms with Crippen LogP contribution in [0.4, 0.5) is 0 Å². The quantitative estimate of drug-likeness (QED) is 0.524. The van der Waals surface area contributed by atoms with Crippen LogP contribution < -0.4 is 15.7 Å². The lowest BCUT2D eigenvalue weighted by molar-refractivity contribution is -0.122. The lowest BCUT2D eigenvalue weighted by Crippen LogP contribution is -2.40. The molecule has 4 aromatic rings. The van der Waals surface area contributed by atoms with Gasteiger partial charge >= 0.3 is 5.69 Å². The molecule has 0 saturated heterocycles. The van der Waals surface area contributed by atoms with Gasteiger partial charge < -0.3 is 10.1 Å². The normalized spacial score (nSPS) is 14.7. The molecule has 1 amide bonds. The average Bonchev–Trinajstić information content (AvgIpc) is 3.28. The Bertz CT molecular complexity index is 1330. The molecule has 1 N–H and O–H groups in total. The third-order valence-corrected chi connectivity index (χ3v) is 6.08. The molecule has 0 bridgehead atoms. The Morgan fingerprint density at radius 1 is 1.09 bits per heavy atom. The number of carbonyl (C=O) groups is 1. The molecule has 0 radical (unpaired) electrons. The van der Waals surface area contributed by atoms with Crippen molar-refractivity contribution in [3.05, 3.63) is 59.0 Å². The fraction of sp³-hybridized carbons (Fsp3) is 0.333. The summed E-state index contributed by atoms with van der Waals surface area (Å²) in [6, 6.07) is 15.0. The molecule has 8 heteroatoms. The summed E-state index contributed by atoms with van der Waals surface area (Å²) in [5, 5.41) is 8.33. The van der Waals surface area contributed by atoms with Crippen molar-refractivity contribution in [1.29, 1.82) is 0 Å². The third-order valence-electron chi connectivity index (χ3n) is 6.08. The Kier molecular flexibility index (Phi) is 5.34. The summed E-state index contributed by atoms with van der Waals surface area (Å²) in [4.78, 5) is 30.7. The summed E-state index contributed by atoms with van der Waals surface area (Å²) in [6.07, 6.45) is 5.47. The molecule has 0 spiro atoms. The van der Waals surface area contributed by atoms with Gasteiger partial charge in [0.15, 0.2) is 11.5 Å². The van der Waals surface area contributed by atoms with Crippen molar-refractivity contribution in [3.63, 3.8) is 0 Å². The number of benzene rings is 2. The predicted molar refractivity (Wildman–Crippen MR) is 122 cm³/mol. The number of amides is 1. The minimum absolute atomic E-state index is 0.0521. The van der Waals surface area contributed by atoms with Crippen molar-refractivity contribution >= 4 is 22.5 Å². The van der Waals surface area contributed by atoms with Crippen LogP contribution in [-0.2, 0) is 11.3 Å². The SMILES string of the molecule is COc1ccc(-c2nc3c4ccccc4n(CC(=O)NC4CCCCC4)c(=O)n3n2)cc1. The standard InChI is InChI=1S/C24H25N5O3/c1-32-18-13-11-16(12-14-18)22-26-23-19-9-5-6-10-20(19)28(24(31)29(23)27-22)15-21(30)25-17-7-3-2-4-8-17/h5-6,9-14,17H,2-4,7-8,15H2,1H3,(H,25,30). The Hall–Kier alpha value is -3.68. The molecule has 8 nitrogen and oxygen atoms in total. The smallest absolute Gasteiger partial charge is 0.351 e. The number of fused-ring (bicyclic) bond motifs is 3. The number of para-hydroxylation sites is 1. The first-order valence-corrected chi connectivity index (χ1v) is 11.0. The van der Waals surface area contributed by atoms with Crippen LogP contribution in [0.5, 0.6) is 5.75 Å². The first kappa shape index (κ1) is 20.2. The first-order valence-electron chi connectivity index (χ1n) is 11.0. The minimum atomic E-state index is -0.384. The van der Waals surface area contributed by atoms with Gasteiger partial charge in [-0.25, -0.2) is 9.78 Å². The monoisotopic (exact) mass is 431 g/mol. The fourth-order valence-corrected chi connectivity index (χ4v) is 4.41. The van der Waals surface area contributed by atoms with E-state index >= 15 is 0 Å². The van der Waals surface area contributed by atoms with Crippen LogP contribution in [0.1, 0.15) is 32.1 Å². The van der Waals surface area contributed by atoms with E-state index in [2.05, 4.69) is 15.4 Å². The van der Waals surface area contributed by atoms with Crippen LogP contribution in [0.15, 0.2) is 53.3 Å². The lowest BCUT2D eigenvalue weighted by atomic mass is 9.95. The fourth-order valence-electron chi connectivity index (χ4n) is 4.41. The van der Waals surface area contributed by atoms with Gasteiger partial charge in [0, 0.05) is 17.0 Å². The number of aromatic nitrogens is 4. The Morgan fingerprint density at radius 2 is 1.84 bits per heavy atom. The molecular weight excluding hydrogens is 406 g/mol. The topological polar surface area (TPSA) is 90.5 Å². The van der Waals surface area contributed by atoms with Crippen LogP contribution in [-0.4, -0.2) is 38.2 Å². The highest BCUT2D eigenvalue weighted by molar-refractivity contribution is 5.92. The summed E-state index contributed by atoms with van der Waals surface area (Å²) in [6.45, 7) is -0.0521. The third kappa shape index (κ3) is 3.72. The van der Waals surface area contributed by atoms with Crippen molar-refractivity contribution in [1.82, 2.24) is 24.5 Å². The lowest BCUT2D eigenvalue weighted by Gasteiger charge is -2.23. The number of rotatable bonds is 5. The number of methoxy groups -OCH3 is 1. The van der Waals surface area contributed by atoms with Gasteiger partial charge in [-0.05, 0) is 49.2 Å². The van der Waals surface area contributed by atoms with Gasteiger partial charge in [0.2, 0.25) is 5.91 Å². The maximum absolute atomic E-state index is 13.3. The van der Waals surface area contributed by atoms with Crippen LogP contribution in [0, 0.1) is 0 Å². The second kappa shape index (κ2) is 8.45. The first-order chi connectivity index (χ1) is 15.6. The zero-order valence-electron chi connectivity index (χ0n) is 18.0. The molecule has 32 heavy (non-hydrogen) atoms. The number of ether oxygens (including phenoxy) is 1. The maximum atomic E-state index is 13.3. The molecule has 0 atom stereocenters. The highest BCUT2D eigenvalue weighted by atomic mass is 16.5. The van der Waals surface area contributed by atoms with E-state index in [-0.39, 0.29) is 24.2 Å². The highest BCUT2D eigenvalue weighted by Gasteiger charge is 2.20. The zero-order valence-corrected chi connectivity index (χ0v) is 18.0. The predicted octanol–water partition coefficient (Wildman–Crippen LogP) is 3.17. The van der Waals surface area contributed by atoms with E-state index in [4.69, 9.17) is 4.74 Å². The van der Waals surface area contributed by atoms with Gasteiger partial charge in [0.05, 0.1) is 12.6 Å². The second-order valence-corrected chi connectivity index (χ2v) is 8.19. The highest BCUT2D eigenvalue weighted by Crippen LogP contribution is 2.23. The van der Waals surface area contributed by atoms with Gasteiger partial charge in [-0.15, -0.1) is 5.10 Å².